The minimum atomic E-state index is -3.45. The van der Waals surface area contributed by atoms with Crippen molar-refractivity contribution in [1.82, 2.24) is 4.31 Å². The Balaban J connectivity index is 2.22. The maximum atomic E-state index is 12.7. The average molecular weight is 324 g/mol. The minimum absolute atomic E-state index is 0.106. The number of rotatable bonds is 7. The second-order valence-corrected chi connectivity index (χ2v) is 7.48. The van der Waals surface area contributed by atoms with Gasteiger partial charge in [-0.25, -0.2) is 8.42 Å². The first-order chi connectivity index (χ1) is 10.5. The minimum Gasteiger partial charge on any atom is -0.312 e. The number of carbonyl (C=O) groups excluding carboxylic acids is 1. The molecule has 1 fully saturated rings. The van der Waals surface area contributed by atoms with Gasteiger partial charge in [0.2, 0.25) is 15.9 Å². The van der Waals surface area contributed by atoms with Gasteiger partial charge in [-0.05, 0) is 43.5 Å². The van der Waals surface area contributed by atoms with Crippen molar-refractivity contribution in [3.05, 3.63) is 24.3 Å². The predicted octanol–water partition coefficient (Wildman–Crippen LogP) is 2.62. The molecule has 0 spiro atoms. The molecule has 0 bridgehead atoms. The number of carbonyl (C=O) groups is 1. The summed E-state index contributed by atoms with van der Waals surface area (Å²) in [6.45, 7) is 5.72. The van der Waals surface area contributed by atoms with Crippen LogP contribution in [0.25, 0.3) is 0 Å². The van der Waals surface area contributed by atoms with E-state index in [4.69, 9.17) is 0 Å². The van der Waals surface area contributed by atoms with Gasteiger partial charge in [0, 0.05) is 31.7 Å². The summed E-state index contributed by atoms with van der Waals surface area (Å²) in [5, 5.41) is 0. The molecule has 1 heterocycles. The summed E-state index contributed by atoms with van der Waals surface area (Å²) >= 11 is 0. The summed E-state index contributed by atoms with van der Waals surface area (Å²) in [6.07, 6.45) is 3.01. The van der Waals surface area contributed by atoms with Gasteiger partial charge in [0.15, 0.2) is 0 Å². The molecule has 5 nitrogen and oxygen atoms in total. The predicted molar refractivity (Wildman–Crippen MR) is 87.4 cm³/mol. The molecule has 0 unspecified atom stereocenters. The molecule has 0 aliphatic carbocycles. The third-order valence-electron chi connectivity index (χ3n) is 3.81. The number of sulfonamides is 1. The van der Waals surface area contributed by atoms with Crippen LogP contribution in [0.5, 0.6) is 0 Å². The van der Waals surface area contributed by atoms with E-state index >= 15 is 0 Å². The highest BCUT2D eigenvalue weighted by Crippen LogP contribution is 2.24. The number of hydrogen-bond donors (Lipinski definition) is 0. The first kappa shape index (κ1) is 17.0. The Morgan fingerprint density at radius 3 is 2.14 bits per heavy atom. The van der Waals surface area contributed by atoms with E-state index in [1.807, 2.05) is 13.8 Å². The largest absolute Gasteiger partial charge is 0.312 e. The summed E-state index contributed by atoms with van der Waals surface area (Å²) in [4.78, 5) is 13.7. The van der Waals surface area contributed by atoms with Crippen molar-refractivity contribution >= 4 is 21.6 Å². The summed E-state index contributed by atoms with van der Waals surface area (Å²) < 4.78 is 26.8. The topological polar surface area (TPSA) is 57.7 Å². The number of anilines is 1. The first-order valence-electron chi connectivity index (χ1n) is 7.91. The van der Waals surface area contributed by atoms with E-state index in [1.54, 1.807) is 29.2 Å². The number of amides is 1. The fourth-order valence-electron chi connectivity index (χ4n) is 2.72. The average Bonchev–Trinajstić information content (AvgIpc) is 2.93. The Hall–Kier alpha value is -1.40. The van der Waals surface area contributed by atoms with Gasteiger partial charge in [-0.3, -0.25) is 4.79 Å². The molecule has 1 aromatic rings. The van der Waals surface area contributed by atoms with Crippen LogP contribution in [0.4, 0.5) is 5.69 Å². The maximum absolute atomic E-state index is 12.7. The van der Waals surface area contributed by atoms with Crippen LogP contribution in [-0.2, 0) is 14.8 Å². The molecule has 0 N–H and O–H groups in total. The Morgan fingerprint density at radius 1 is 1.09 bits per heavy atom. The van der Waals surface area contributed by atoms with Crippen LogP contribution in [0.1, 0.15) is 39.5 Å². The summed E-state index contributed by atoms with van der Waals surface area (Å²) in [6, 6.07) is 6.67. The quantitative estimate of drug-likeness (QED) is 0.775. The lowest BCUT2D eigenvalue weighted by Crippen LogP contribution is -2.32. The number of nitrogens with zero attached hydrogens (tertiary/aromatic N) is 2. The highest BCUT2D eigenvalue weighted by Gasteiger charge is 2.25. The molecule has 0 aromatic heterocycles. The van der Waals surface area contributed by atoms with E-state index in [1.165, 1.54) is 4.31 Å². The second-order valence-electron chi connectivity index (χ2n) is 5.55. The van der Waals surface area contributed by atoms with Gasteiger partial charge >= 0.3 is 0 Å². The number of benzene rings is 1. The van der Waals surface area contributed by atoms with Crippen molar-refractivity contribution in [1.29, 1.82) is 0 Å². The molecule has 1 aromatic carbocycles. The molecule has 0 atom stereocenters. The molecule has 2 rings (SSSR count). The highest BCUT2D eigenvalue weighted by atomic mass is 32.2. The van der Waals surface area contributed by atoms with E-state index in [9.17, 15) is 13.2 Å². The number of hydrogen-bond acceptors (Lipinski definition) is 3. The third-order valence-corrected chi connectivity index (χ3v) is 5.72. The standard InChI is InChI=1S/C16H24N2O3S/c1-3-11-17(12-4-2)22(20,21)15-9-7-14(8-10-15)18-13-5-6-16(18)19/h7-10H,3-6,11-13H2,1-2H3. The summed E-state index contributed by atoms with van der Waals surface area (Å²) in [5.74, 6) is 0.106. The fourth-order valence-corrected chi connectivity index (χ4v) is 4.34. The van der Waals surface area contributed by atoms with E-state index in [0.29, 0.717) is 31.0 Å². The van der Waals surface area contributed by atoms with Crippen LogP contribution < -0.4 is 4.90 Å². The lowest BCUT2D eigenvalue weighted by Gasteiger charge is -2.22. The zero-order valence-electron chi connectivity index (χ0n) is 13.3. The van der Waals surface area contributed by atoms with Gasteiger partial charge in [-0.15, -0.1) is 0 Å². The van der Waals surface area contributed by atoms with Crippen LogP contribution in [0.3, 0.4) is 0 Å². The molecule has 1 aliphatic rings. The van der Waals surface area contributed by atoms with E-state index in [-0.39, 0.29) is 5.91 Å². The molecule has 0 radical (unpaired) electrons. The third kappa shape index (κ3) is 3.50. The highest BCUT2D eigenvalue weighted by molar-refractivity contribution is 7.89. The Bertz CT molecular complexity index is 605. The van der Waals surface area contributed by atoms with Gasteiger partial charge < -0.3 is 4.90 Å². The molecule has 0 saturated carbocycles. The molecule has 22 heavy (non-hydrogen) atoms. The molecule has 122 valence electrons. The van der Waals surface area contributed by atoms with E-state index in [2.05, 4.69) is 0 Å². The molecule has 1 aliphatic heterocycles. The first-order valence-corrected chi connectivity index (χ1v) is 9.35. The van der Waals surface area contributed by atoms with Crippen LogP contribution in [-0.4, -0.2) is 38.3 Å². The van der Waals surface area contributed by atoms with Gasteiger partial charge in [-0.2, -0.15) is 4.31 Å². The zero-order chi connectivity index (χ0) is 16.2. The summed E-state index contributed by atoms with van der Waals surface area (Å²) in [7, 11) is -3.45. The van der Waals surface area contributed by atoms with Crippen molar-refractivity contribution in [2.45, 2.75) is 44.4 Å². The van der Waals surface area contributed by atoms with Crippen molar-refractivity contribution in [2.75, 3.05) is 24.5 Å². The van der Waals surface area contributed by atoms with Crippen molar-refractivity contribution < 1.29 is 13.2 Å². The second kappa shape index (κ2) is 7.24. The van der Waals surface area contributed by atoms with Crippen molar-refractivity contribution in [3.63, 3.8) is 0 Å². The van der Waals surface area contributed by atoms with Crippen LogP contribution in [0.15, 0.2) is 29.2 Å². The van der Waals surface area contributed by atoms with Gasteiger partial charge in [0.25, 0.3) is 0 Å². The van der Waals surface area contributed by atoms with Crippen molar-refractivity contribution in [3.8, 4) is 0 Å². The molecule has 6 heteroatoms. The van der Waals surface area contributed by atoms with Gasteiger partial charge in [0.1, 0.15) is 0 Å². The van der Waals surface area contributed by atoms with Gasteiger partial charge in [-0.1, -0.05) is 13.8 Å². The lowest BCUT2D eigenvalue weighted by molar-refractivity contribution is -0.117. The molecular formula is C16H24N2O3S. The Labute approximate surface area is 133 Å². The fraction of sp³-hybridized carbons (Fsp3) is 0.562. The van der Waals surface area contributed by atoms with E-state index < -0.39 is 10.0 Å². The van der Waals surface area contributed by atoms with E-state index in [0.717, 1.165) is 24.9 Å². The van der Waals surface area contributed by atoms with Crippen LogP contribution >= 0.6 is 0 Å². The Morgan fingerprint density at radius 2 is 1.68 bits per heavy atom. The smallest absolute Gasteiger partial charge is 0.243 e. The van der Waals surface area contributed by atoms with Crippen molar-refractivity contribution in [2.24, 2.45) is 0 Å². The van der Waals surface area contributed by atoms with Gasteiger partial charge in [0.05, 0.1) is 4.90 Å². The molecule has 1 amide bonds. The normalized spacial score (nSPS) is 15.8. The summed E-state index contributed by atoms with van der Waals surface area (Å²) in [5.41, 5.74) is 0.777. The van der Waals surface area contributed by atoms with Crippen LogP contribution in [0, 0.1) is 0 Å². The Kier molecular flexibility index (Phi) is 5.58. The molecular weight excluding hydrogens is 300 g/mol. The monoisotopic (exact) mass is 324 g/mol. The SMILES string of the molecule is CCCN(CCC)S(=O)(=O)c1ccc(N2CCCC2=O)cc1. The lowest BCUT2D eigenvalue weighted by atomic mass is 10.3. The van der Waals surface area contributed by atoms with Crippen LogP contribution in [0.2, 0.25) is 0 Å². The zero-order valence-corrected chi connectivity index (χ0v) is 14.1. The maximum Gasteiger partial charge on any atom is 0.243 e. The molecule has 1 saturated heterocycles.